The van der Waals surface area contributed by atoms with Gasteiger partial charge in [-0.05, 0) is 28.7 Å². The molecule has 0 spiro atoms. The Bertz CT molecular complexity index is 277. The number of hydrogen-bond donors (Lipinski definition) is 0. The van der Waals surface area contributed by atoms with Crippen molar-refractivity contribution < 1.29 is 9.13 Å². The lowest BCUT2D eigenvalue weighted by Crippen LogP contribution is -1.88. The number of rotatable bonds is 1. The largest absolute Gasteiger partial charge is 0.495 e. The highest BCUT2D eigenvalue weighted by molar-refractivity contribution is 14.1. The molecule has 11 heavy (non-hydrogen) atoms. The molecule has 0 N–H and O–H groups in total. The maximum absolute atomic E-state index is 12.7. The Labute approximate surface area is 82.6 Å². The molecule has 0 aromatic heterocycles. The molecule has 1 aromatic rings. The summed E-state index contributed by atoms with van der Waals surface area (Å²) < 4.78 is 18.1. The first kappa shape index (κ1) is 9.06. The summed E-state index contributed by atoms with van der Waals surface area (Å²) in [6.45, 7) is 0. The molecule has 0 bridgehead atoms. The van der Waals surface area contributed by atoms with Crippen molar-refractivity contribution in [2.45, 2.75) is 0 Å². The van der Waals surface area contributed by atoms with E-state index in [2.05, 4.69) is 0 Å². The zero-order valence-corrected chi connectivity index (χ0v) is 8.61. The van der Waals surface area contributed by atoms with Gasteiger partial charge in [-0.15, -0.1) is 0 Å². The third-order valence-corrected chi connectivity index (χ3v) is 2.74. The fourth-order valence-corrected chi connectivity index (χ4v) is 1.43. The van der Waals surface area contributed by atoms with Crippen molar-refractivity contribution in [1.82, 2.24) is 0 Å². The van der Waals surface area contributed by atoms with Crippen LogP contribution in [-0.2, 0) is 0 Å². The Kier molecular flexibility index (Phi) is 2.95. The normalized spacial score (nSPS) is 9.82. The Morgan fingerprint density at radius 2 is 2.18 bits per heavy atom. The number of halogens is 3. The molecule has 0 fully saturated rings. The smallest absolute Gasteiger partial charge is 0.141 e. The van der Waals surface area contributed by atoms with Crippen molar-refractivity contribution in [2.75, 3.05) is 7.11 Å². The van der Waals surface area contributed by atoms with Crippen molar-refractivity contribution in [3.63, 3.8) is 0 Å². The van der Waals surface area contributed by atoms with Crippen molar-refractivity contribution in [3.05, 3.63) is 26.5 Å². The van der Waals surface area contributed by atoms with Crippen LogP contribution in [0.3, 0.4) is 0 Å². The predicted molar refractivity (Wildman–Crippen MR) is 50.7 cm³/mol. The second-order valence-electron chi connectivity index (χ2n) is 1.90. The SMILES string of the molecule is COc1cc(F)cc(I)c1Cl. The first-order valence-corrected chi connectivity index (χ1v) is 4.29. The maximum Gasteiger partial charge on any atom is 0.141 e. The molecule has 4 heteroatoms. The number of benzene rings is 1. The van der Waals surface area contributed by atoms with E-state index in [9.17, 15) is 4.39 Å². The van der Waals surface area contributed by atoms with E-state index in [0.29, 0.717) is 14.3 Å². The third kappa shape index (κ3) is 1.96. The lowest BCUT2D eigenvalue weighted by molar-refractivity contribution is 0.411. The second kappa shape index (κ2) is 3.58. The van der Waals surface area contributed by atoms with Crippen molar-refractivity contribution in [1.29, 1.82) is 0 Å². The third-order valence-electron chi connectivity index (χ3n) is 1.18. The van der Waals surface area contributed by atoms with E-state index >= 15 is 0 Å². The minimum atomic E-state index is -0.337. The van der Waals surface area contributed by atoms with Crippen LogP contribution in [0.25, 0.3) is 0 Å². The van der Waals surface area contributed by atoms with E-state index in [1.54, 1.807) is 0 Å². The van der Waals surface area contributed by atoms with Gasteiger partial charge < -0.3 is 4.74 Å². The lowest BCUT2D eigenvalue weighted by atomic mass is 10.3. The summed E-state index contributed by atoms with van der Waals surface area (Å²) in [5.41, 5.74) is 0. The number of methoxy groups -OCH3 is 1. The van der Waals surface area contributed by atoms with Crippen LogP contribution in [0.4, 0.5) is 4.39 Å². The molecular weight excluding hydrogens is 281 g/mol. The van der Waals surface area contributed by atoms with Gasteiger partial charge in [0.05, 0.1) is 12.1 Å². The summed E-state index contributed by atoms with van der Waals surface area (Å²) in [4.78, 5) is 0. The average Bonchev–Trinajstić information content (AvgIpc) is 1.96. The van der Waals surface area contributed by atoms with Gasteiger partial charge >= 0.3 is 0 Å². The van der Waals surface area contributed by atoms with Gasteiger partial charge in [-0.3, -0.25) is 0 Å². The second-order valence-corrected chi connectivity index (χ2v) is 3.44. The van der Waals surface area contributed by atoms with Crippen molar-refractivity contribution in [2.24, 2.45) is 0 Å². The lowest BCUT2D eigenvalue weighted by Gasteiger charge is -2.03. The van der Waals surface area contributed by atoms with Crippen molar-refractivity contribution >= 4 is 34.2 Å². The molecule has 1 rings (SSSR count). The molecule has 1 aromatic carbocycles. The summed E-state index contributed by atoms with van der Waals surface area (Å²) >= 11 is 7.71. The predicted octanol–water partition coefficient (Wildman–Crippen LogP) is 3.09. The van der Waals surface area contributed by atoms with E-state index in [1.165, 1.54) is 19.2 Å². The summed E-state index contributed by atoms with van der Waals surface area (Å²) in [5, 5.41) is 0.453. The first-order chi connectivity index (χ1) is 5.15. The van der Waals surface area contributed by atoms with Crippen LogP contribution in [0.5, 0.6) is 5.75 Å². The molecule has 0 aliphatic rings. The Hall–Kier alpha value is -0.0300. The molecule has 0 aliphatic heterocycles. The highest BCUT2D eigenvalue weighted by atomic mass is 127. The van der Waals surface area contributed by atoms with Gasteiger partial charge in [0.2, 0.25) is 0 Å². The molecule has 0 aliphatic carbocycles. The Balaban J connectivity index is 3.24. The molecule has 1 nitrogen and oxygen atoms in total. The van der Waals surface area contributed by atoms with Crippen LogP contribution in [0.2, 0.25) is 5.02 Å². The molecule has 0 atom stereocenters. The summed E-state index contributed by atoms with van der Waals surface area (Å²) in [6.07, 6.45) is 0. The summed E-state index contributed by atoms with van der Waals surface area (Å²) in [5.74, 6) is 0.0340. The Morgan fingerprint density at radius 3 is 2.73 bits per heavy atom. The molecule has 0 unspecified atom stereocenters. The van der Waals surface area contributed by atoms with Crippen LogP contribution >= 0.6 is 34.2 Å². The van der Waals surface area contributed by atoms with E-state index in [0.717, 1.165) is 0 Å². The highest BCUT2D eigenvalue weighted by Gasteiger charge is 2.06. The fraction of sp³-hybridized carbons (Fsp3) is 0.143. The molecule has 0 radical (unpaired) electrons. The minimum absolute atomic E-state index is 0.337. The van der Waals surface area contributed by atoms with Crippen LogP contribution in [0.15, 0.2) is 12.1 Å². The number of hydrogen-bond acceptors (Lipinski definition) is 1. The molecule has 0 amide bonds. The molecule has 0 heterocycles. The summed E-state index contributed by atoms with van der Waals surface area (Å²) in [7, 11) is 1.46. The van der Waals surface area contributed by atoms with Gasteiger partial charge in [-0.25, -0.2) is 4.39 Å². The van der Waals surface area contributed by atoms with E-state index in [4.69, 9.17) is 16.3 Å². The van der Waals surface area contributed by atoms with Gasteiger partial charge in [0.1, 0.15) is 11.6 Å². The average molecular weight is 286 g/mol. The minimum Gasteiger partial charge on any atom is -0.495 e. The van der Waals surface area contributed by atoms with Crippen LogP contribution in [0, 0.1) is 9.39 Å². The van der Waals surface area contributed by atoms with Gasteiger partial charge in [0.25, 0.3) is 0 Å². The standard InChI is InChI=1S/C7H5ClFIO/c1-11-6-3-4(9)2-5(10)7(6)8/h2-3H,1H3. The zero-order chi connectivity index (χ0) is 8.43. The van der Waals surface area contributed by atoms with E-state index in [-0.39, 0.29) is 5.82 Å². The molecule has 0 saturated carbocycles. The number of ether oxygens (including phenoxy) is 1. The molecular formula is C7H5ClFIO. The first-order valence-electron chi connectivity index (χ1n) is 2.83. The van der Waals surface area contributed by atoms with Gasteiger partial charge in [0, 0.05) is 9.64 Å². The highest BCUT2D eigenvalue weighted by Crippen LogP contribution is 2.29. The van der Waals surface area contributed by atoms with Crippen molar-refractivity contribution in [3.8, 4) is 5.75 Å². The maximum atomic E-state index is 12.7. The van der Waals surface area contributed by atoms with Gasteiger partial charge in [-0.1, -0.05) is 11.6 Å². The monoisotopic (exact) mass is 286 g/mol. The topological polar surface area (TPSA) is 9.23 Å². The fourth-order valence-electron chi connectivity index (χ4n) is 0.681. The van der Waals surface area contributed by atoms with E-state index in [1.807, 2.05) is 22.6 Å². The van der Waals surface area contributed by atoms with Gasteiger partial charge in [0.15, 0.2) is 0 Å². The zero-order valence-electron chi connectivity index (χ0n) is 5.70. The summed E-state index contributed by atoms with van der Waals surface area (Å²) in [6, 6.07) is 2.61. The molecule has 60 valence electrons. The molecule has 0 saturated heterocycles. The van der Waals surface area contributed by atoms with E-state index < -0.39 is 0 Å². The quantitative estimate of drug-likeness (QED) is 0.569. The van der Waals surface area contributed by atoms with Crippen LogP contribution in [0.1, 0.15) is 0 Å². The van der Waals surface area contributed by atoms with Gasteiger partial charge in [-0.2, -0.15) is 0 Å². The van der Waals surface area contributed by atoms with Crippen LogP contribution in [-0.4, -0.2) is 7.11 Å². The Morgan fingerprint density at radius 1 is 1.55 bits per heavy atom. The van der Waals surface area contributed by atoms with Crippen LogP contribution < -0.4 is 4.74 Å².